The number of nitrogens with one attached hydrogen (secondary N) is 1. The molecule has 1 amide bonds. The molecule has 2 N–H and O–H groups in total. The first-order chi connectivity index (χ1) is 13.3. The summed E-state index contributed by atoms with van der Waals surface area (Å²) in [7, 11) is 0. The SMILES string of the molecule is CC(C)(C)c1c(Cl)ccc2c(CCNC(=O)O)c(COC3CCCCO3)nn12. The number of aromatic nitrogens is 2. The van der Waals surface area contributed by atoms with E-state index in [1.165, 1.54) is 0 Å². The molecule has 1 atom stereocenters. The highest BCUT2D eigenvalue weighted by atomic mass is 35.5. The molecule has 0 bridgehead atoms. The third kappa shape index (κ3) is 4.77. The molecule has 1 fully saturated rings. The van der Waals surface area contributed by atoms with E-state index < -0.39 is 6.09 Å². The van der Waals surface area contributed by atoms with Gasteiger partial charge in [-0.05, 0) is 37.8 Å². The molecule has 0 saturated carbocycles. The Kier molecular flexibility index (Phi) is 6.47. The molecule has 1 saturated heterocycles. The highest BCUT2D eigenvalue weighted by molar-refractivity contribution is 6.31. The molecule has 0 aliphatic carbocycles. The average Bonchev–Trinajstić information content (AvgIpc) is 2.96. The minimum atomic E-state index is -1.04. The van der Waals surface area contributed by atoms with Gasteiger partial charge in [-0.2, -0.15) is 5.10 Å². The lowest BCUT2D eigenvalue weighted by Crippen LogP contribution is -2.24. The summed E-state index contributed by atoms with van der Waals surface area (Å²) in [5.41, 5.74) is 3.38. The molecule has 2 aromatic rings. The predicted octanol–water partition coefficient (Wildman–Crippen LogP) is 4.14. The third-order valence-corrected chi connectivity index (χ3v) is 5.14. The van der Waals surface area contributed by atoms with Crippen LogP contribution in [0, 0.1) is 0 Å². The Balaban J connectivity index is 1.95. The Hall–Kier alpha value is -1.83. The van der Waals surface area contributed by atoms with Crippen LogP contribution in [0.5, 0.6) is 0 Å². The molecule has 1 unspecified atom stereocenters. The first kappa shape index (κ1) is 20.9. The summed E-state index contributed by atoms with van der Waals surface area (Å²) in [6.07, 6.45) is 2.30. The van der Waals surface area contributed by atoms with E-state index in [0.717, 1.165) is 48.3 Å². The van der Waals surface area contributed by atoms with Crippen molar-refractivity contribution in [2.24, 2.45) is 0 Å². The fraction of sp³-hybridized carbons (Fsp3) is 0.600. The van der Waals surface area contributed by atoms with Gasteiger partial charge in [-0.25, -0.2) is 9.31 Å². The topological polar surface area (TPSA) is 85.1 Å². The zero-order chi connectivity index (χ0) is 20.3. The molecule has 1 aliphatic heterocycles. The van der Waals surface area contributed by atoms with Gasteiger partial charge in [0.25, 0.3) is 0 Å². The molecule has 7 nitrogen and oxygen atoms in total. The molecule has 28 heavy (non-hydrogen) atoms. The lowest BCUT2D eigenvalue weighted by molar-refractivity contribution is -0.169. The zero-order valence-electron chi connectivity index (χ0n) is 16.6. The molecule has 2 aromatic heterocycles. The largest absolute Gasteiger partial charge is 0.465 e. The maximum Gasteiger partial charge on any atom is 0.404 e. The molecule has 3 heterocycles. The van der Waals surface area contributed by atoms with E-state index in [2.05, 4.69) is 26.1 Å². The fourth-order valence-corrected chi connectivity index (χ4v) is 3.98. The van der Waals surface area contributed by atoms with E-state index in [4.69, 9.17) is 31.3 Å². The van der Waals surface area contributed by atoms with Gasteiger partial charge in [0.05, 0.1) is 28.5 Å². The summed E-state index contributed by atoms with van der Waals surface area (Å²) < 4.78 is 13.5. The lowest BCUT2D eigenvalue weighted by Gasteiger charge is -2.22. The molecular formula is C20H28ClN3O4. The molecule has 8 heteroatoms. The molecular weight excluding hydrogens is 382 g/mol. The molecule has 0 spiro atoms. The van der Waals surface area contributed by atoms with E-state index >= 15 is 0 Å². The Labute approximate surface area is 170 Å². The quantitative estimate of drug-likeness (QED) is 0.748. The second-order valence-corrected chi connectivity index (χ2v) is 8.50. The van der Waals surface area contributed by atoms with Crippen LogP contribution < -0.4 is 5.32 Å². The fourth-order valence-electron chi connectivity index (χ4n) is 3.56. The Morgan fingerprint density at radius 3 is 2.86 bits per heavy atom. The summed E-state index contributed by atoms with van der Waals surface area (Å²) in [4.78, 5) is 10.8. The van der Waals surface area contributed by atoms with Gasteiger partial charge < -0.3 is 19.9 Å². The summed E-state index contributed by atoms with van der Waals surface area (Å²) in [5, 5.41) is 16.8. The number of pyridine rings is 1. The van der Waals surface area contributed by atoms with E-state index in [-0.39, 0.29) is 11.7 Å². The first-order valence-electron chi connectivity index (χ1n) is 9.67. The number of amides is 1. The molecule has 0 aromatic carbocycles. The van der Waals surface area contributed by atoms with Crippen LogP contribution in [-0.2, 0) is 27.9 Å². The summed E-state index contributed by atoms with van der Waals surface area (Å²) in [5.74, 6) is 0. The van der Waals surface area contributed by atoms with Crippen LogP contribution in [0.1, 0.15) is 57.0 Å². The van der Waals surface area contributed by atoms with E-state index in [1.54, 1.807) is 0 Å². The van der Waals surface area contributed by atoms with Gasteiger partial charge in [0.1, 0.15) is 0 Å². The Morgan fingerprint density at radius 1 is 1.43 bits per heavy atom. The monoisotopic (exact) mass is 409 g/mol. The smallest absolute Gasteiger partial charge is 0.404 e. The van der Waals surface area contributed by atoms with Gasteiger partial charge in [0, 0.05) is 24.1 Å². The highest BCUT2D eigenvalue weighted by Crippen LogP contribution is 2.32. The van der Waals surface area contributed by atoms with Crippen LogP contribution in [0.15, 0.2) is 12.1 Å². The summed E-state index contributed by atoms with van der Waals surface area (Å²) >= 11 is 6.49. The maximum absolute atomic E-state index is 10.8. The van der Waals surface area contributed by atoms with E-state index in [9.17, 15) is 4.79 Å². The Morgan fingerprint density at radius 2 is 2.21 bits per heavy atom. The van der Waals surface area contributed by atoms with Gasteiger partial charge in [-0.3, -0.25) is 0 Å². The third-order valence-electron chi connectivity index (χ3n) is 4.84. The van der Waals surface area contributed by atoms with Gasteiger partial charge in [0.15, 0.2) is 6.29 Å². The number of halogens is 1. The standard InChI is InChI=1S/C20H28ClN3O4/c1-20(2,3)18-14(21)7-8-16-13(9-10-22-19(25)26)15(23-24(16)18)12-28-17-6-4-5-11-27-17/h7-8,17,22H,4-6,9-12H2,1-3H3,(H,25,26). The Bertz CT molecular complexity index is 838. The van der Waals surface area contributed by atoms with E-state index in [1.807, 2.05) is 16.6 Å². The van der Waals surface area contributed by atoms with Gasteiger partial charge >= 0.3 is 6.09 Å². The van der Waals surface area contributed by atoms with Crippen molar-refractivity contribution in [2.45, 2.75) is 64.8 Å². The number of ether oxygens (including phenoxy) is 2. The highest BCUT2D eigenvalue weighted by Gasteiger charge is 2.25. The molecule has 0 radical (unpaired) electrons. The number of nitrogens with zero attached hydrogens (tertiary/aromatic N) is 2. The van der Waals surface area contributed by atoms with Crippen molar-refractivity contribution in [1.82, 2.24) is 14.9 Å². The maximum atomic E-state index is 10.8. The second-order valence-electron chi connectivity index (χ2n) is 8.09. The number of carboxylic acid groups (broad SMARTS) is 1. The van der Waals surface area contributed by atoms with E-state index in [0.29, 0.717) is 24.6 Å². The van der Waals surface area contributed by atoms with Crippen LogP contribution in [0.25, 0.3) is 5.52 Å². The van der Waals surface area contributed by atoms with Crippen molar-refractivity contribution in [2.75, 3.05) is 13.2 Å². The van der Waals surface area contributed by atoms with Gasteiger partial charge in [0.2, 0.25) is 0 Å². The number of carbonyl (C=O) groups is 1. The summed E-state index contributed by atoms with van der Waals surface area (Å²) in [6.45, 7) is 7.61. The van der Waals surface area contributed by atoms with Crippen LogP contribution in [0.3, 0.4) is 0 Å². The van der Waals surface area contributed by atoms with Crippen LogP contribution in [0.4, 0.5) is 4.79 Å². The van der Waals surface area contributed by atoms with Crippen molar-refractivity contribution in [3.05, 3.63) is 34.1 Å². The first-order valence-corrected chi connectivity index (χ1v) is 10.0. The van der Waals surface area contributed by atoms with Crippen LogP contribution in [0.2, 0.25) is 5.02 Å². The number of fused-ring (bicyclic) bond motifs is 1. The van der Waals surface area contributed by atoms with Crippen molar-refractivity contribution in [1.29, 1.82) is 0 Å². The number of hydrogen-bond acceptors (Lipinski definition) is 4. The van der Waals surface area contributed by atoms with Crippen molar-refractivity contribution in [3.8, 4) is 0 Å². The molecule has 1 aliphatic rings. The van der Waals surface area contributed by atoms with Crippen molar-refractivity contribution >= 4 is 23.2 Å². The van der Waals surface area contributed by atoms with Crippen molar-refractivity contribution < 1.29 is 19.4 Å². The van der Waals surface area contributed by atoms with Crippen LogP contribution in [-0.4, -0.2) is 40.3 Å². The van der Waals surface area contributed by atoms with Crippen molar-refractivity contribution in [3.63, 3.8) is 0 Å². The molecule has 3 rings (SSSR count). The lowest BCUT2D eigenvalue weighted by atomic mass is 9.91. The number of rotatable bonds is 6. The minimum Gasteiger partial charge on any atom is -0.465 e. The van der Waals surface area contributed by atoms with Gasteiger partial charge in [-0.15, -0.1) is 0 Å². The normalized spacial score (nSPS) is 17.8. The second kappa shape index (κ2) is 8.68. The van der Waals surface area contributed by atoms with Crippen LogP contribution >= 0.6 is 11.6 Å². The zero-order valence-corrected chi connectivity index (χ0v) is 17.4. The number of hydrogen-bond donors (Lipinski definition) is 2. The predicted molar refractivity (Wildman–Crippen MR) is 107 cm³/mol. The average molecular weight is 410 g/mol. The minimum absolute atomic E-state index is 0.205. The molecule has 154 valence electrons. The van der Waals surface area contributed by atoms with Gasteiger partial charge in [-0.1, -0.05) is 32.4 Å². The summed E-state index contributed by atoms with van der Waals surface area (Å²) in [6, 6.07) is 3.81.